The Kier molecular flexibility index (Phi) is 5.53. The molecule has 0 aromatic heterocycles. The number of urea groups is 1. The molecule has 1 N–H and O–H groups in total. The summed E-state index contributed by atoms with van der Waals surface area (Å²) in [6, 6.07) is 18.5. The topological polar surface area (TPSA) is 35.6 Å². The number of nitrogens with one attached hydrogen (secondary N) is 1. The molecule has 1 fully saturated rings. The van der Waals surface area contributed by atoms with Crippen LogP contribution in [0.4, 0.5) is 10.5 Å². The average molecular weight is 388 g/mol. The number of amides is 2. The van der Waals surface area contributed by atoms with Crippen LogP contribution < -0.4 is 5.32 Å². The van der Waals surface area contributed by atoms with Crippen LogP contribution in [0.3, 0.4) is 0 Å². The highest BCUT2D eigenvalue weighted by molar-refractivity contribution is 9.10. The number of carbonyl (C=O) groups excluding carboxylic acids is 1. The van der Waals surface area contributed by atoms with Crippen LogP contribution in [0.5, 0.6) is 0 Å². The lowest BCUT2D eigenvalue weighted by atomic mass is 10.1. The van der Waals surface area contributed by atoms with Crippen molar-refractivity contribution in [2.45, 2.75) is 13.0 Å². The van der Waals surface area contributed by atoms with Crippen molar-refractivity contribution in [1.82, 2.24) is 9.80 Å². The summed E-state index contributed by atoms with van der Waals surface area (Å²) in [5.74, 6) is 0. The number of piperazine rings is 1. The Balaban J connectivity index is 1.53. The smallest absolute Gasteiger partial charge is 0.321 e. The lowest BCUT2D eigenvalue weighted by molar-refractivity contribution is 0.119. The van der Waals surface area contributed by atoms with E-state index in [9.17, 15) is 4.79 Å². The Bertz CT molecular complexity index is 667. The highest BCUT2D eigenvalue weighted by Crippen LogP contribution is 2.21. The second kappa shape index (κ2) is 7.81. The van der Waals surface area contributed by atoms with Crippen LogP contribution in [0, 0.1) is 0 Å². The van der Waals surface area contributed by atoms with Gasteiger partial charge in [-0.25, -0.2) is 4.79 Å². The largest absolute Gasteiger partial charge is 0.322 e. The Morgan fingerprint density at radius 3 is 2.25 bits per heavy atom. The summed E-state index contributed by atoms with van der Waals surface area (Å²) < 4.78 is 1.00. The van der Waals surface area contributed by atoms with Gasteiger partial charge in [0.05, 0.1) is 0 Å². The van der Waals surface area contributed by atoms with E-state index in [2.05, 4.69) is 57.3 Å². The van der Waals surface area contributed by atoms with Gasteiger partial charge in [-0.3, -0.25) is 4.90 Å². The van der Waals surface area contributed by atoms with Gasteiger partial charge in [0.25, 0.3) is 0 Å². The zero-order valence-electron chi connectivity index (χ0n) is 13.8. The summed E-state index contributed by atoms with van der Waals surface area (Å²) >= 11 is 3.40. The minimum atomic E-state index is -0.0238. The van der Waals surface area contributed by atoms with Gasteiger partial charge in [-0.15, -0.1) is 0 Å². The monoisotopic (exact) mass is 387 g/mol. The Labute approximate surface area is 151 Å². The zero-order valence-corrected chi connectivity index (χ0v) is 15.4. The predicted molar refractivity (Wildman–Crippen MR) is 101 cm³/mol. The van der Waals surface area contributed by atoms with Crippen molar-refractivity contribution in [3.05, 3.63) is 64.6 Å². The molecule has 2 aromatic carbocycles. The molecule has 4 nitrogen and oxygen atoms in total. The lowest BCUT2D eigenvalue weighted by Crippen LogP contribution is -2.50. The van der Waals surface area contributed by atoms with Crippen molar-refractivity contribution in [2.75, 3.05) is 31.5 Å². The van der Waals surface area contributed by atoms with Crippen LogP contribution in [-0.2, 0) is 0 Å². The maximum Gasteiger partial charge on any atom is 0.321 e. The van der Waals surface area contributed by atoms with Gasteiger partial charge in [-0.2, -0.15) is 0 Å². The molecule has 1 atom stereocenters. The third-order valence-corrected chi connectivity index (χ3v) is 5.06. The first-order valence-electron chi connectivity index (χ1n) is 8.24. The second-order valence-electron chi connectivity index (χ2n) is 6.05. The lowest BCUT2D eigenvalue weighted by Gasteiger charge is -2.38. The molecule has 1 saturated heterocycles. The Hall–Kier alpha value is -1.85. The molecule has 1 aliphatic heterocycles. The second-order valence-corrected chi connectivity index (χ2v) is 6.96. The summed E-state index contributed by atoms with van der Waals surface area (Å²) in [7, 11) is 0. The van der Waals surface area contributed by atoms with Gasteiger partial charge >= 0.3 is 6.03 Å². The molecule has 1 heterocycles. The molecule has 2 amide bonds. The van der Waals surface area contributed by atoms with E-state index < -0.39 is 0 Å². The maximum absolute atomic E-state index is 12.4. The fourth-order valence-electron chi connectivity index (χ4n) is 2.99. The third kappa shape index (κ3) is 4.16. The van der Waals surface area contributed by atoms with Crippen molar-refractivity contribution < 1.29 is 4.79 Å². The standard InChI is InChI=1S/C19H22BrN3O/c1-15(16-5-3-2-4-6-16)22-11-13-23(14-12-22)19(24)21-18-9-7-17(20)8-10-18/h2-10,15H,11-14H2,1H3,(H,21,24). The molecule has 2 aromatic rings. The summed E-state index contributed by atoms with van der Waals surface area (Å²) in [6.45, 7) is 5.51. The molecule has 0 aliphatic carbocycles. The molecule has 0 radical (unpaired) electrons. The third-order valence-electron chi connectivity index (χ3n) is 4.53. The van der Waals surface area contributed by atoms with Gasteiger partial charge in [0.15, 0.2) is 0 Å². The number of nitrogens with zero attached hydrogens (tertiary/aromatic N) is 2. The first-order chi connectivity index (χ1) is 11.6. The summed E-state index contributed by atoms with van der Waals surface area (Å²) in [4.78, 5) is 16.7. The Morgan fingerprint density at radius 2 is 1.62 bits per heavy atom. The van der Waals surface area contributed by atoms with Crippen molar-refractivity contribution in [3.8, 4) is 0 Å². The number of hydrogen-bond donors (Lipinski definition) is 1. The van der Waals surface area contributed by atoms with Crippen LogP contribution in [0.2, 0.25) is 0 Å². The average Bonchev–Trinajstić information content (AvgIpc) is 2.64. The van der Waals surface area contributed by atoms with E-state index in [0.717, 1.165) is 36.3 Å². The first-order valence-corrected chi connectivity index (χ1v) is 9.03. The molecule has 3 rings (SSSR count). The van der Waals surface area contributed by atoms with E-state index in [1.54, 1.807) is 0 Å². The molecule has 0 spiro atoms. The van der Waals surface area contributed by atoms with E-state index in [4.69, 9.17) is 0 Å². The van der Waals surface area contributed by atoms with Crippen molar-refractivity contribution >= 4 is 27.6 Å². The van der Waals surface area contributed by atoms with E-state index >= 15 is 0 Å². The normalized spacial score (nSPS) is 16.7. The molecule has 5 heteroatoms. The zero-order chi connectivity index (χ0) is 16.9. The number of rotatable bonds is 3. The van der Waals surface area contributed by atoms with E-state index in [1.807, 2.05) is 35.2 Å². The molecule has 24 heavy (non-hydrogen) atoms. The van der Waals surface area contributed by atoms with Gasteiger partial charge < -0.3 is 10.2 Å². The van der Waals surface area contributed by atoms with E-state index in [1.165, 1.54) is 5.56 Å². The van der Waals surface area contributed by atoms with Crippen molar-refractivity contribution in [3.63, 3.8) is 0 Å². The van der Waals surface area contributed by atoms with Crippen LogP contribution in [0.15, 0.2) is 59.1 Å². The minimum Gasteiger partial charge on any atom is -0.322 e. The SMILES string of the molecule is CC(c1ccccc1)N1CCN(C(=O)Nc2ccc(Br)cc2)CC1. The van der Waals surface area contributed by atoms with Crippen molar-refractivity contribution in [2.24, 2.45) is 0 Å². The number of carbonyl (C=O) groups is 1. The van der Waals surface area contributed by atoms with E-state index in [-0.39, 0.29) is 6.03 Å². The summed E-state index contributed by atoms with van der Waals surface area (Å²) in [5, 5.41) is 2.96. The Morgan fingerprint density at radius 1 is 1.00 bits per heavy atom. The highest BCUT2D eigenvalue weighted by atomic mass is 79.9. The molecule has 0 bridgehead atoms. The summed E-state index contributed by atoms with van der Waals surface area (Å²) in [6.07, 6.45) is 0. The summed E-state index contributed by atoms with van der Waals surface area (Å²) in [5.41, 5.74) is 2.15. The molecule has 126 valence electrons. The predicted octanol–water partition coefficient (Wildman–Crippen LogP) is 4.36. The van der Waals surface area contributed by atoms with Crippen LogP contribution in [0.1, 0.15) is 18.5 Å². The van der Waals surface area contributed by atoms with Gasteiger partial charge in [0.2, 0.25) is 0 Å². The number of halogens is 1. The van der Waals surface area contributed by atoms with Crippen LogP contribution >= 0.6 is 15.9 Å². The van der Waals surface area contributed by atoms with Gasteiger partial charge in [0.1, 0.15) is 0 Å². The van der Waals surface area contributed by atoms with Gasteiger partial charge in [0, 0.05) is 42.4 Å². The molecular weight excluding hydrogens is 366 g/mol. The molecule has 1 aliphatic rings. The fourth-order valence-corrected chi connectivity index (χ4v) is 3.25. The maximum atomic E-state index is 12.4. The fraction of sp³-hybridized carbons (Fsp3) is 0.316. The van der Waals surface area contributed by atoms with Crippen molar-refractivity contribution in [1.29, 1.82) is 0 Å². The number of benzene rings is 2. The van der Waals surface area contributed by atoms with Gasteiger partial charge in [-0.05, 0) is 36.8 Å². The van der Waals surface area contributed by atoms with E-state index in [0.29, 0.717) is 6.04 Å². The molecule has 1 unspecified atom stereocenters. The number of hydrogen-bond acceptors (Lipinski definition) is 2. The van der Waals surface area contributed by atoms with Crippen LogP contribution in [0.25, 0.3) is 0 Å². The highest BCUT2D eigenvalue weighted by Gasteiger charge is 2.24. The van der Waals surface area contributed by atoms with Crippen LogP contribution in [-0.4, -0.2) is 42.0 Å². The number of anilines is 1. The van der Waals surface area contributed by atoms with Gasteiger partial charge in [-0.1, -0.05) is 46.3 Å². The molecule has 0 saturated carbocycles. The quantitative estimate of drug-likeness (QED) is 0.848. The minimum absolute atomic E-state index is 0.0238. The molecular formula is C19H22BrN3O. The first kappa shape index (κ1) is 17.0.